The zero-order chi connectivity index (χ0) is 16.7. The Labute approximate surface area is 145 Å². The lowest BCUT2D eigenvalue weighted by Gasteiger charge is -2.16. The molecule has 4 heteroatoms. The summed E-state index contributed by atoms with van der Waals surface area (Å²) in [6.07, 6.45) is 2.15. The van der Waals surface area contributed by atoms with E-state index in [4.69, 9.17) is 5.11 Å². The Balaban J connectivity index is 1.86. The lowest BCUT2D eigenvalue weighted by molar-refractivity contribution is 0.0696. The highest BCUT2D eigenvalue weighted by molar-refractivity contribution is 9.10. The summed E-state index contributed by atoms with van der Waals surface area (Å²) in [5.74, 6) is -0.320. The van der Waals surface area contributed by atoms with Gasteiger partial charge in [-0.1, -0.05) is 53.5 Å². The molecular weight excluding hydrogens is 354 g/mol. The van der Waals surface area contributed by atoms with Crippen molar-refractivity contribution in [2.45, 2.75) is 26.3 Å². The Bertz CT molecular complexity index is 657. The quantitative estimate of drug-likeness (QED) is 0.713. The van der Waals surface area contributed by atoms with Crippen LogP contribution >= 0.6 is 15.9 Å². The Morgan fingerprint density at radius 3 is 2.61 bits per heavy atom. The summed E-state index contributed by atoms with van der Waals surface area (Å²) < 4.78 is 1.11. The van der Waals surface area contributed by atoms with Crippen molar-refractivity contribution in [1.29, 1.82) is 0 Å². The van der Waals surface area contributed by atoms with Crippen molar-refractivity contribution in [3.63, 3.8) is 0 Å². The van der Waals surface area contributed by atoms with Crippen molar-refractivity contribution >= 4 is 21.9 Å². The van der Waals surface area contributed by atoms with Crippen LogP contribution in [0.1, 0.15) is 34.8 Å². The van der Waals surface area contributed by atoms with Crippen LogP contribution in [0.3, 0.4) is 0 Å². The van der Waals surface area contributed by atoms with Gasteiger partial charge < -0.3 is 10.4 Å². The molecule has 0 radical (unpaired) electrons. The van der Waals surface area contributed by atoms with Gasteiger partial charge in [-0.25, -0.2) is 4.79 Å². The second-order valence-corrected chi connectivity index (χ2v) is 6.66. The molecule has 0 aromatic heterocycles. The number of halogens is 1. The van der Waals surface area contributed by atoms with Gasteiger partial charge in [0.1, 0.15) is 0 Å². The number of carboxylic acids is 1. The van der Waals surface area contributed by atoms with Crippen molar-refractivity contribution in [3.8, 4) is 0 Å². The van der Waals surface area contributed by atoms with Gasteiger partial charge in [-0.15, -0.1) is 0 Å². The van der Waals surface area contributed by atoms with Crippen LogP contribution in [0.4, 0.5) is 0 Å². The fourth-order valence-corrected chi connectivity index (χ4v) is 3.04. The average molecular weight is 376 g/mol. The first-order chi connectivity index (χ1) is 11.1. The monoisotopic (exact) mass is 375 g/mol. The summed E-state index contributed by atoms with van der Waals surface area (Å²) in [5, 5.41) is 12.5. The molecule has 0 fully saturated rings. The molecule has 1 unspecified atom stereocenters. The fraction of sp³-hybridized carbons (Fsp3) is 0.316. The summed E-state index contributed by atoms with van der Waals surface area (Å²) in [4.78, 5) is 11.0. The van der Waals surface area contributed by atoms with Crippen LogP contribution in [0.15, 0.2) is 53.0 Å². The van der Waals surface area contributed by atoms with E-state index in [0.29, 0.717) is 18.0 Å². The van der Waals surface area contributed by atoms with Crippen LogP contribution in [-0.4, -0.2) is 17.6 Å². The highest BCUT2D eigenvalue weighted by Crippen LogP contribution is 2.16. The predicted molar refractivity (Wildman–Crippen MR) is 96.7 cm³/mol. The van der Waals surface area contributed by atoms with E-state index in [-0.39, 0.29) is 0 Å². The smallest absolute Gasteiger partial charge is 0.335 e. The molecule has 2 rings (SSSR count). The van der Waals surface area contributed by atoms with Crippen molar-refractivity contribution in [2.75, 3.05) is 6.54 Å². The third-order valence-electron chi connectivity index (χ3n) is 3.93. The number of aromatic carboxylic acids is 1. The number of carboxylic acid groups (broad SMARTS) is 1. The van der Waals surface area contributed by atoms with Crippen molar-refractivity contribution in [1.82, 2.24) is 5.32 Å². The minimum absolute atomic E-state index is 0.338. The molecule has 2 N–H and O–H groups in total. The lowest BCUT2D eigenvalue weighted by atomic mass is 9.97. The molecule has 0 aliphatic rings. The van der Waals surface area contributed by atoms with E-state index in [0.717, 1.165) is 29.4 Å². The van der Waals surface area contributed by atoms with Gasteiger partial charge >= 0.3 is 5.97 Å². The molecule has 0 heterocycles. The number of benzene rings is 2. The molecule has 0 bridgehead atoms. The van der Waals surface area contributed by atoms with Crippen LogP contribution in [0.5, 0.6) is 0 Å². The molecular formula is C19H22BrNO2. The highest BCUT2D eigenvalue weighted by Gasteiger charge is 2.08. The normalized spacial score (nSPS) is 12.1. The third kappa shape index (κ3) is 5.81. The molecule has 0 saturated heterocycles. The summed E-state index contributed by atoms with van der Waals surface area (Å²) in [7, 11) is 0. The standard InChI is InChI=1S/C19H22BrNO2/c1-2-14(9-15-5-4-8-18(20)11-15)12-21-13-16-6-3-7-17(10-16)19(22)23/h3-8,10-11,14,21H,2,9,12-13H2,1H3,(H,22,23). The second kappa shape index (κ2) is 8.85. The van der Waals surface area contributed by atoms with Gasteiger partial charge in [0.25, 0.3) is 0 Å². The Morgan fingerprint density at radius 2 is 1.91 bits per heavy atom. The first kappa shape index (κ1) is 17.7. The van der Waals surface area contributed by atoms with Crippen molar-refractivity contribution in [2.24, 2.45) is 5.92 Å². The first-order valence-corrected chi connectivity index (χ1v) is 8.65. The van der Waals surface area contributed by atoms with E-state index in [1.165, 1.54) is 5.56 Å². The van der Waals surface area contributed by atoms with Crippen molar-refractivity contribution < 1.29 is 9.90 Å². The minimum Gasteiger partial charge on any atom is -0.478 e. The van der Waals surface area contributed by atoms with E-state index >= 15 is 0 Å². The van der Waals surface area contributed by atoms with E-state index in [9.17, 15) is 4.79 Å². The number of hydrogen-bond acceptors (Lipinski definition) is 2. The molecule has 2 aromatic carbocycles. The Kier molecular flexibility index (Phi) is 6.81. The van der Waals surface area contributed by atoms with Gasteiger partial charge in [0.05, 0.1) is 5.56 Å². The van der Waals surface area contributed by atoms with Gasteiger partial charge in [0.15, 0.2) is 0 Å². The Hall–Kier alpha value is -1.65. The minimum atomic E-state index is -0.882. The number of hydrogen-bond donors (Lipinski definition) is 2. The molecule has 0 aliphatic carbocycles. The van der Waals surface area contributed by atoms with Crippen LogP contribution < -0.4 is 5.32 Å². The van der Waals surface area contributed by atoms with Gasteiger partial charge in [0.2, 0.25) is 0 Å². The summed E-state index contributed by atoms with van der Waals surface area (Å²) in [6.45, 7) is 3.81. The molecule has 0 saturated carbocycles. The number of nitrogens with one attached hydrogen (secondary N) is 1. The summed E-state index contributed by atoms with van der Waals surface area (Å²) in [6, 6.07) is 15.5. The topological polar surface area (TPSA) is 49.3 Å². The fourth-order valence-electron chi connectivity index (χ4n) is 2.59. The molecule has 2 aromatic rings. The summed E-state index contributed by atoms with van der Waals surface area (Å²) >= 11 is 3.51. The highest BCUT2D eigenvalue weighted by atomic mass is 79.9. The SMILES string of the molecule is CCC(CNCc1cccc(C(=O)O)c1)Cc1cccc(Br)c1. The molecule has 122 valence electrons. The van der Waals surface area contributed by atoms with Crippen LogP contribution in [0, 0.1) is 5.92 Å². The number of rotatable bonds is 8. The zero-order valence-electron chi connectivity index (χ0n) is 13.3. The van der Waals surface area contributed by atoms with E-state index < -0.39 is 5.97 Å². The van der Waals surface area contributed by atoms with E-state index in [1.54, 1.807) is 18.2 Å². The zero-order valence-corrected chi connectivity index (χ0v) is 14.8. The van der Waals surface area contributed by atoms with Gasteiger partial charge in [-0.2, -0.15) is 0 Å². The lowest BCUT2D eigenvalue weighted by Crippen LogP contribution is -2.23. The average Bonchev–Trinajstić information content (AvgIpc) is 2.54. The molecule has 23 heavy (non-hydrogen) atoms. The molecule has 0 amide bonds. The maximum atomic E-state index is 11.0. The van der Waals surface area contributed by atoms with Gasteiger partial charge in [-0.05, 0) is 54.3 Å². The second-order valence-electron chi connectivity index (χ2n) is 5.74. The number of carbonyl (C=O) groups is 1. The van der Waals surface area contributed by atoms with Crippen molar-refractivity contribution in [3.05, 3.63) is 69.7 Å². The van der Waals surface area contributed by atoms with Gasteiger partial charge in [-0.3, -0.25) is 0 Å². The summed E-state index contributed by atoms with van der Waals surface area (Å²) in [5.41, 5.74) is 2.67. The predicted octanol–water partition coefficient (Wildman–Crippen LogP) is 4.51. The molecule has 0 spiro atoms. The van der Waals surface area contributed by atoms with Crippen LogP contribution in [-0.2, 0) is 13.0 Å². The maximum absolute atomic E-state index is 11.0. The third-order valence-corrected chi connectivity index (χ3v) is 4.42. The molecule has 1 atom stereocenters. The Morgan fingerprint density at radius 1 is 1.17 bits per heavy atom. The largest absolute Gasteiger partial charge is 0.478 e. The van der Waals surface area contributed by atoms with E-state index in [2.05, 4.69) is 46.4 Å². The molecule has 3 nitrogen and oxygen atoms in total. The van der Waals surface area contributed by atoms with Crippen LogP contribution in [0.2, 0.25) is 0 Å². The van der Waals surface area contributed by atoms with Crippen LogP contribution in [0.25, 0.3) is 0 Å². The maximum Gasteiger partial charge on any atom is 0.335 e. The first-order valence-electron chi connectivity index (χ1n) is 7.86. The molecule has 0 aliphatic heterocycles. The van der Waals surface area contributed by atoms with E-state index in [1.807, 2.05) is 12.1 Å². The van der Waals surface area contributed by atoms with Gasteiger partial charge in [0, 0.05) is 11.0 Å².